The van der Waals surface area contributed by atoms with Crippen LogP contribution in [0.4, 0.5) is 18.9 Å². The maximum absolute atomic E-state index is 13.2. The summed E-state index contributed by atoms with van der Waals surface area (Å²) in [4.78, 5) is 27.8. The van der Waals surface area contributed by atoms with Gasteiger partial charge in [0.1, 0.15) is 5.56 Å². The summed E-state index contributed by atoms with van der Waals surface area (Å²) >= 11 is 0. The maximum Gasteiger partial charge on any atom is 0.416 e. The van der Waals surface area contributed by atoms with Crippen LogP contribution in [0.1, 0.15) is 21.5 Å². The third-order valence-electron chi connectivity index (χ3n) is 5.88. The average molecular weight is 469 g/mol. The van der Waals surface area contributed by atoms with Crippen molar-refractivity contribution < 1.29 is 22.9 Å². The summed E-state index contributed by atoms with van der Waals surface area (Å²) < 4.78 is 38.2. The summed E-state index contributed by atoms with van der Waals surface area (Å²) in [6, 6.07) is 18.9. The van der Waals surface area contributed by atoms with Crippen LogP contribution < -0.4 is 0 Å². The molecule has 1 amide bonds. The lowest BCUT2D eigenvalue weighted by Crippen LogP contribution is -2.48. The van der Waals surface area contributed by atoms with Gasteiger partial charge in [-0.25, -0.2) is 0 Å². The molecule has 176 valence electrons. The van der Waals surface area contributed by atoms with Crippen molar-refractivity contribution >= 4 is 11.6 Å². The highest BCUT2D eigenvalue weighted by Crippen LogP contribution is 2.30. The lowest BCUT2D eigenvalue weighted by molar-refractivity contribution is -0.385. The van der Waals surface area contributed by atoms with Crippen LogP contribution in [0.3, 0.4) is 0 Å². The maximum atomic E-state index is 13.2. The second-order valence-corrected chi connectivity index (χ2v) is 8.12. The molecule has 3 aromatic carbocycles. The van der Waals surface area contributed by atoms with E-state index in [0.29, 0.717) is 32.7 Å². The van der Waals surface area contributed by atoms with Crippen molar-refractivity contribution in [1.82, 2.24) is 9.80 Å². The number of carbonyl (C=O) groups is 1. The lowest BCUT2D eigenvalue weighted by atomic mass is 10.0. The summed E-state index contributed by atoms with van der Waals surface area (Å²) in [7, 11) is 0. The predicted molar refractivity (Wildman–Crippen MR) is 121 cm³/mol. The van der Waals surface area contributed by atoms with E-state index in [1.807, 2.05) is 35.2 Å². The van der Waals surface area contributed by atoms with Gasteiger partial charge in [-0.15, -0.1) is 0 Å². The van der Waals surface area contributed by atoms with E-state index in [4.69, 9.17) is 0 Å². The van der Waals surface area contributed by atoms with Gasteiger partial charge in [0.15, 0.2) is 0 Å². The second kappa shape index (κ2) is 9.64. The molecule has 0 radical (unpaired) electrons. The molecule has 0 bridgehead atoms. The zero-order chi connectivity index (χ0) is 24.3. The lowest BCUT2D eigenvalue weighted by Gasteiger charge is -2.34. The molecule has 0 aromatic heterocycles. The van der Waals surface area contributed by atoms with Crippen LogP contribution in [0.2, 0.25) is 0 Å². The van der Waals surface area contributed by atoms with Crippen molar-refractivity contribution in [3.63, 3.8) is 0 Å². The average Bonchev–Trinajstić information content (AvgIpc) is 2.84. The molecule has 1 fully saturated rings. The Balaban J connectivity index is 1.44. The van der Waals surface area contributed by atoms with Gasteiger partial charge in [-0.1, -0.05) is 42.5 Å². The number of nitro benzene ring substituents is 1. The van der Waals surface area contributed by atoms with Gasteiger partial charge in [0.2, 0.25) is 0 Å². The van der Waals surface area contributed by atoms with Crippen molar-refractivity contribution in [3.8, 4) is 11.1 Å². The molecular formula is C25H22F3N3O3. The first-order chi connectivity index (χ1) is 16.2. The Morgan fingerprint density at radius 2 is 1.53 bits per heavy atom. The molecule has 0 N–H and O–H groups in total. The van der Waals surface area contributed by atoms with Crippen LogP contribution in [0.25, 0.3) is 11.1 Å². The fourth-order valence-electron chi connectivity index (χ4n) is 4.01. The fraction of sp³-hybridized carbons (Fsp3) is 0.240. The van der Waals surface area contributed by atoms with Gasteiger partial charge in [-0.2, -0.15) is 13.2 Å². The molecule has 0 spiro atoms. The first-order valence-electron chi connectivity index (χ1n) is 10.7. The first-order valence-corrected chi connectivity index (χ1v) is 10.7. The predicted octanol–water partition coefficient (Wildman–Crippen LogP) is 5.24. The Bertz CT molecular complexity index is 1170. The van der Waals surface area contributed by atoms with E-state index in [1.54, 1.807) is 17.0 Å². The smallest absolute Gasteiger partial charge is 0.336 e. The highest BCUT2D eigenvalue weighted by Gasteiger charge is 2.30. The van der Waals surface area contributed by atoms with E-state index in [0.717, 1.165) is 28.8 Å². The molecule has 1 aliphatic heterocycles. The minimum atomic E-state index is -4.37. The number of carbonyl (C=O) groups excluding carboxylic acids is 1. The SMILES string of the molecule is O=C(c1cc(-c2ccccc2)ccc1[N+](=O)[O-])N1CCN(Cc2ccc(C(F)(F)F)cc2)CC1. The van der Waals surface area contributed by atoms with Gasteiger partial charge < -0.3 is 4.90 Å². The van der Waals surface area contributed by atoms with E-state index in [9.17, 15) is 28.1 Å². The van der Waals surface area contributed by atoms with Gasteiger partial charge in [0.05, 0.1) is 10.5 Å². The topological polar surface area (TPSA) is 66.7 Å². The number of rotatable bonds is 5. The number of hydrogen-bond donors (Lipinski definition) is 0. The minimum absolute atomic E-state index is 0.0440. The molecular weight excluding hydrogens is 447 g/mol. The van der Waals surface area contributed by atoms with Crippen LogP contribution >= 0.6 is 0 Å². The van der Waals surface area contributed by atoms with E-state index in [1.165, 1.54) is 18.2 Å². The van der Waals surface area contributed by atoms with Gasteiger partial charge in [-0.05, 0) is 41.0 Å². The van der Waals surface area contributed by atoms with Crippen molar-refractivity contribution in [1.29, 1.82) is 0 Å². The van der Waals surface area contributed by atoms with Crippen molar-refractivity contribution in [2.45, 2.75) is 12.7 Å². The molecule has 34 heavy (non-hydrogen) atoms. The standard InChI is InChI=1S/C25H22F3N3O3/c26-25(27,28)21-9-6-18(7-10-21)17-29-12-14-30(15-13-29)24(32)22-16-20(8-11-23(22)31(33)34)19-4-2-1-3-5-19/h1-11,16H,12-15,17H2. The molecule has 1 heterocycles. The Hall–Kier alpha value is -3.72. The van der Waals surface area contributed by atoms with Crippen LogP contribution in [-0.2, 0) is 12.7 Å². The molecule has 0 saturated carbocycles. The summed E-state index contributed by atoms with van der Waals surface area (Å²) in [5.74, 6) is -0.404. The Kier molecular flexibility index (Phi) is 6.65. The number of nitrogens with zero attached hydrogens (tertiary/aromatic N) is 3. The minimum Gasteiger partial charge on any atom is -0.336 e. The molecule has 1 saturated heterocycles. The number of amides is 1. The van der Waals surface area contributed by atoms with Gasteiger partial charge in [0, 0.05) is 38.8 Å². The van der Waals surface area contributed by atoms with Gasteiger partial charge in [-0.3, -0.25) is 19.8 Å². The number of halogens is 3. The van der Waals surface area contributed by atoms with Crippen LogP contribution in [-0.4, -0.2) is 46.8 Å². The molecule has 1 aliphatic rings. The Labute approximate surface area is 194 Å². The van der Waals surface area contributed by atoms with Crippen molar-refractivity contribution in [3.05, 3.63) is 99.6 Å². The summed E-state index contributed by atoms with van der Waals surface area (Å²) in [6.07, 6.45) is -4.37. The Morgan fingerprint density at radius 1 is 0.882 bits per heavy atom. The number of benzene rings is 3. The third-order valence-corrected chi connectivity index (χ3v) is 5.88. The van der Waals surface area contributed by atoms with Crippen molar-refractivity contribution in [2.24, 2.45) is 0 Å². The highest BCUT2D eigenvalue weighted by atomic mass is 19.4. The molecule has 3 aromatic rings. The molecule has 0 atom stereocenters. The monoisotopic (exact) mass is 469 g/mol. The third kappa shape index (κ3) is 5.26. The zero-order valence-corrected chi connectivity index (χ0v) is 18.2. The number of piperazine rings is 1. The van der Waals surface area contributed by atoms with Gasteiger partial charge in [0.25, 0.3) is 11.6 Å². The normalized spacial score (nSPS) is 14.7. The molecule has 0 aliphatic carbocycles. The number of hydrogen-bond acceptors (Lipinski definition) is 4. The van der Waals surface area contributed by atoms with Crippen LogP contribution in [0.15, 0.2) is 72.8 Å². The van der Waals surface area contributed by atoms with Gasteiger partial charge >= 0.3 is 6.18 Å². The first kappa shape index (κ1) is 23.4. The number of alkyl halides is 3. The highest BCUT2D eigenvalue weighted by molar-refractivity contribution is 5.99. The summed E-state index contributed by atoms with van der Waals surface area (Å²) in [5.41, 5.74) is 1.44. The molecule has 4 rings (SSSR count). The summed E-state index contributed by atoms with van der Waals surface area (Å²) in [5, 5.41) is 11.6. The molecule has 9 heteroatoms. The zero-order valence-electron chi connectivity index (χ0n) is 18.2. The van der Waals surface area contributed by atoms with E-state index in [2.05, 4.69) is 0 Å². The van der Waals surface area contributed by atoms with E-state index < -0.39 is 22.6 Å². The largest absolute Gasteiger partial charge is 0.416 e. The second-order valence-electron chi connectivity index (χ2n) is 8.12. The molecule has 6 nitrogen and oxygen atoms in total. The van der Waals surface area contributed by atoms with Crippen LogP contribution in [0, 0.1) is 10.1 Å². The fourth-order valence-corrected chi connectivity index (χ4v) is 4.01. The van der Waals surface area contributed by atoms with E-state index in [-0.39, 0.29) is 11.3 Å². The summed E-state index contributed by atoms with van der Waals surface area (Å²) in [6.45, 7) is 2.22. The van der Waals surface area contributed by atoms with Crippen molar-refractivity contribution in [2.75, 3.05) is 26.2 Å². The number of nitro groups is 1. The van der Waals surface area contributed by atoms with Crippen LogP contribution in [0.5, 0.6) is 0 Å². The quantitative estimate of drug-likeness (QED) is 0.379. The van der Waals surface area contributed by atoms with E-state index >= 15 is 0 Å². The molecule has 0 unspecified atom stereocenters. The Morgan fingerprint density at radius 3 is 2.12 bits per heavy atom.